The molecule has 0 aliphatic rings. The molecule has 1 aromatic carbocycles. The van der Waals surface area contributed by atoms with Crippen LogP contribution in [0.15, 0.2) is 12.3 Å². The van der Waals surface area contributed by atoms with Crippen LogP contribution >= 0.6 is 0 Å². The second-order valence-electron chi connectivity index (χ2n) is 5.49. The van der Waals surface area contributed by atoms with Gasteiger partial charge in [-0.1, -0.05) is 0 Å². The van der Waals surface area contributed by atoms with Crippen LogP contribution in [0.5, 0.6) is 0 Å². The highest BCUT2D eigenvalue weighted by Gasteiger charge is 2.17. The molecule has 0 bridgehead atoms. The summed E-state index contributed by atoms with van der Waals surface area (Å²) in [5.41, 5.74) is 8.01. The first kappa shape index (κ1) is 14.5. The van der Waals surface area contributed by atoms with Crippen molar-refractivity contribution in [1.29, 1.82) is 0 Å². The zero-order chi connectivity index (χ0) is 15.0. The number of nitrogens with zero attached hydrogens (tertiary/aromatic N) is 3. The second kappa shape index (κ2) is 5.23. The van der Waals surface area contributed by atoms with Crippen LogP contribution in [0.3, 0.4) is 0 Å². The van der Waals surface area contributed by atoms with E-state index < -0.39 is 0 Å². The molecule has 0 unspecified atom stereocenters. The lowest BCUT2D eigenvalue weighted by Gasteiger charge is -2.26. The zero-order valence-corrected chi connectivity index (χ0v) is 13.5. The summed E-state index contributed by atoms with van der Waals surface area (Å²) in [6, 6.07) is 1.95. The second-order valence-corrected chi connectivity index (χ2v) is 5.49. The van der Waals surface area contributed by atoms with E-state index in [0.717, 1.165) is 11.6 Å². The summed E-state index contributed by atoms with van der Waals surface area (Å²) in [6.45, 7) is 12.9. The van der Waals surface area contributed by atoms with Crippen LogP contribution in [0, 0.1) is 41.5 Å². The van der Waals surface area contributed by atoms with Crippen LogP contribution in [-0.2, 0) is 0 Å². The zero-order valence-electron chi connectivity index (χ0n) is 13.5. The van der Waals surface area contributed by atoms with Crippen molar-refractivity contribution < 1.29 is 0 Å². The molecule has 106 valence electrons. The van der Waals surface area contributed by atoms with Gasteiger partial charge in [0.2, 0.25) is 0 Å². The Labute approximate surface area is 121 Å². The van der Waals surface area contributed by atoms with E-state index in [1.165, 1.54) is 33.5 Å². The molecule has 0 saturated heterocycles. The largest absolute Gasteiger partial charge is 0.329 e. The minimum Gasteiger partial charge on any atom is -0.329 e. The van der Waals surface area contributed by atoms with Gasteiger partial charge in [0.15, 0.2) is 0 Å². The normalized spacial score (nSPS) is 10.8. The molecule has 0 fully saturated rings. The highest BCUT2D eigenvalue weighted by Crippen LogP contribution is 2.35. The fraction of sp³-hybridized carbons (Fsp3) is 0.412. The van der Waals surface area contributed by atoms with Gasteiger partial charge in [0.25, 0.3) is 0 Å². The van der Waals surface area contributed by atoms with E-state index >= 15 is 0 Å². The number of hydrogen-bond acceptors (Lipinski definition) is 3. The van der Waals surface area contributed by atoms with E-state index in [9.17, 15) is 0 Å². The fourth-order valence-electron chi connectivity index (χ4n) is 2.73. The van der Waals surface area contributed by atoms with Crippen molar-refractivity contribution in [2.45, 2.75) is 41.5 Å². The average molecular weight is 269 g/mol. The van der Waals surface area contributed by atoms with E-state index in [4.69, 9.17) is 0 Å². The maximum atomic E-state index is 4.53. The van der Waals surface area contributed by atoms with Crippen molar-refractivity contribution in [2.24, 2.45) is 0 Å². The number of aryl methyl sites for hydroxylation is 1. The number of anilines is 2. The van der Waals surface area contributed by atoms with Crippen LogP contribution in [-0.4, -0.2) is 17.0 Å². The number of rotatable bonds is 2. The van der Waals surface area contributed by atoms with Crippen LogP contribution < -0.4 is 4.90 Å². The Bertz CT molecular complexity index is 631. The van der Waals surface area contributed by atoms with Gasteiger partial charge in [0, 0.05) is 18.9 Å². The molecule has 1 heterocycles. The SMILES string of the molecule is Cc1nccc(N(C)c2c(C)c(C)c(C)c(C)c2C)n1. The lowest BCUT2D eigenvalue weighted by molar-refractivity contribution is 1.000. The standard InChI is InChI=1S/C17H23N3/c1-10-11(2)13(4)17(14(5)12(10)3)20(7)16-8-9-18-15(6)19-16/h8-9H,1-7H3. The van der Waals surface area contributed by atoms with Gasteiger partial charge in [-0.3, -0.25) is 0 Å². The number of benzene rings is 1. The molecule has 0 aliphatic heterocycles. The lowest BCUT2D eigenvalue weighted by Crippen LogP contribution is -2.16. The third-order valence-electron chi connectivity index (χ3n) is 4.40. The van der Waals surface area contributed by atoms with Gasteiger partial charge in [-0.05, 0) is 75.4 Å². The summed E-state index contributed by atoms with van der Waals surface area (Å²) < 4.78 is 0. The Morgan fingerprint density at radius 1 is 0.800 bits per heavy atom. The third kappa shape index (κ3) is 2.28. The Morgan fingerprint density at radius 3 is 1.80 bits per heavy atom. The van der Waals surface area contributed by atoms with Crippen molar-refractivity contribution in [3.63, 3.8) is 0 Å². The van der Waals surface area contributed by atoms with Crippen LogP contribution in [0.1, 0.15) is 33.6 Å². The molecule has 2 rings (SSSR count). The topological polar surface area (TPSA) is 29.0 Å². The predicted octanol–water partition coefficient (Wildman–Crippen LogP) is 4.10. The van der Waals surface area contributed by atoms with Crippen molar-refractivity contribution in [3.8, 4) is 0 Å². The fourth-order valence-corrected chi connectivity index (χ4v) is 2.73. The summed E-state index contributed by atoms with van der Waals surface area (Å²) in [6.07, 6.45) is 1.81. The Morgan fingerprint density at radius 2 is 1.30 bits per heavy atom. The molecule has 0 amide bonds. The van der Waals surface area contributed by atoms with Gasteiger partial charge in [0.05, 0.1) is 0 Å². The smallest absolute Gasteiger partial charge is 0.136 e. The van der Waals surface area contributed by atoms with Crippen molar-refractivity contribution in [2.75, 3.05) is 11.9 Å². The van der Waals surface area contributed by atoms with E-state index in [-0.39, 0.29) is 0 Å². The Hall–Kier alpha value is -1.90. The summed E-state index contributed by atoms with van der Waals surface area (Å²) in [4.78, 5) is 10.9. The lowest BCUT2D eigenvalue weighted by atomic mass is 9.92. The summed E-state index contributed by atoms with van der Waals surface area (Å²) in [5, 5.41) is 0. The molecular formula is C17H23N3. The highest BCUT2D eigenvalue weighted by atomic mass is 15.2. The number of aromatic nitrogens is 2. The molecule has 0 spiro atoms. The first-order chi connectivity index (χ1) is 9.34. The van der Waals surface area contributed by atoms with Gasteiger partial charge < -0.3 is 4.90 Å². The molecule has 1 aromatic heterocycles. The molecular weight excluding hydrogens is 246 g/mol. The van der Waals surface area contributed by atoms with Crippen LogP contribution in [0.25, 0.3) is 0 Å². The van der Waals surface area contributed by atoms with Gasteiger partial charge in [-0.15, -0.1) is 0 Å². The Kier molecular flexibility index (Phi) is 3.80. The summed E-state index contributed by atoms with van der Waals surface area (Å²) in [5.74, 6) is 1.73. The number of hydrogen-bond donors (Lipinski definition) is 0. The van der Waals surface area contributed by atoms with E-state index in [1.54, 1.807) is 0 Å². The molecule has 3 nitrogen and oxygen atoms in total. The molecule has 0 atom stereocenters. The molecule has 0 saturated carbocycles. The highest BCUT2D eigenvalue weighted by molar-refractivity contribution is 5.71. The molecule has 20 heavy (non-hydrogen) atoms. The van der Waals surface area contributed by atoms with Crippen molar-refractivity contribution in [1.82, 2.24) is 9.97 Å². The van der Waals surface area contributed by atoms with Gasteiger partial charge in [-0.25, -0.2) is 9.97 Å². The Balaban J connectivity index is 2.64. The quantitative estimate of drug-likeness (QED) is 0.822. The minimum absolute atomic E-state index is 0.796. The van der Waals surface area contributed by atoms with Gasteiger partial charge in [-0.2, -0.15) is 0 Å². The first-order valence-corrected chi connectivity index (χ1v) is 6.95. The maximum Gasteiger partial charge on any atom is 0.136 e. The molecule has 3 heteroatoms. The first-order valence-electron chi connectivity index (χ1n) is 6.95. The van der Waals surface area contributed by atoms with Gasteiger partial charge in [0.1, 0.15) is 11.6 Å². The monoisotopic (exact) mass is 269 g/mol. The molecule has 0 N–H and O–H groups in total. The summed E-state index contributed by atoms with van der Waals surface area (Å²) >= 11 is 0. The average Bonchev–Trinajstić information content (AvgIpc) is 2.43. The van der Waals surface area contributed by atoms with E-state index in [2.05, 4.69) is 56.5 Å². The van der Waals surface area contributed by atoms with E-state index in [1.807, 2.05) is 19.2 Å². The van der Waals surface area contributed by atoms with Gasteiger partial charge >= 0.3 is 0 Å². The minimum atomic E-state index is 0.796. The molecule has 2 aromatic rings. The van der Waals surface area contributed by atoms with Crippen molar-refractivity contribution in [3.05, 3.63) is 45.9 Å². The molecule has 0 aliphatic carbocycles. The third-order valence-corrected chi connectivity index (χ3v) is 4.40. The van der Waals surface area contributed by atoms with Crippen LogP contribution in [0.4, 0.5) is 11.5 Å². The maximum absolute atomic E-state index is 4.53. The molecule has 0 radical (unpaired) electrons. The van der Waals surface area contributed by atoms with E-state index in [0.29, 0.717) is 0 Å². The predicted molar refractivity (Wildman–Crippen MR) is 85.0 cm³/mol. The summed E-state index contributed by atoms with van der Waals surface area (Å²) in [7, 11) is 2.07. The van der Waals surface area contributed by atoms with Crippen LogP contribution in [0.2, 0.25) is 0 Å². The van der Waals surface area contributed by atoms with Crippen molar-refractivity contribution >= 4 is 11.5 Å².